The first-order valence-electron chi connectivity index (χ1n) is 8.70. The van der Waals surface area contributed by atoms with Crippen LogP contribution in [0, 0.1) is 0 Å². The van der Waals surface area contributed by atoms with E-state index in [0.29, 0.717) is 35.3 Å². The number of hydrogen-bond acceptors (Lipinski definition) is 6. The van der Waals surface area contributed by atoms with E-state index in [1.54, 1.807) is 48.5 Å². The number of nitrogens with zero attached hydrogens (tertiary/aromatic N) is 1. The second-order valence-corrected chi connectivity index (χ2v) is 6.04. The van der Waals surface area contributed by atoms with Crippen molar-refractivity contribution in [2.75, 3.05) is 26.9 Å². The van der Waals surface area contributed by atoms with E-state index >= 15 is 0 Å². The quantitative estimate of drug-likeness (QED) is 0.483. The Hall–Kier alpha value is -3.45. The van der Waals surface area contributed by atoms with Crippen LogP contribution in [0.2, 0.25) is 0 Å². The first-order valence-corrected chi connectivity index (χ1v) is 8.70. The van der Waals surface area contributed by atoms with Gasteiger partial charge in [0, 0.05) is 24.6 Å². The lowest BCUT2D eigenvalue weighted by Gasteiger charge is -2.10. The number of aromatic hydroxyl groups is 1. The van der Waals surface area contributed by atoms with Crippen LogP contribution in [0.4, 0.5) is 0 Å². The lowest BCUT2D eigenvalue weighted by molar-refractivity contribution is -0.124. The number of phenolic OH excluding ortho intramolecular Hbond substituents is 1. The van der Waals surface area contributed by atoms with E-state index in [9.17, 15) is 14.7 Å². The van der Waals surface area contributed by atoms with Crippen LogP contribution in [0.3, 0.4) is 0 Å². The highest BCUT2D eigenvalue weighted by Crippen LogP contribution is 2.26. The van der Waals surface area contributed by atoms with Gasteiger partial charge in [0.1, 0.15) is 5.75 Å². The summed E-state index contributed by atoms with van der Waals surface area (Å²) in [7, 11) is 1.53. The lowest BCUT2D eigenvalue weighted by Crippen LogP contribution is -2.31. The number of para-hydroxylation sites is 1. The number of fused-ring (bicyclic) bond motifs is 1. The number of ether oxygens (including phenoxy) is 2. The van der Waals surface area contributed by atoms with Gasteiger partial charge in [-0.1, -0.05) is 18.2 Å². The van der Waals surface area contributed by atoms with Gasteiger partial charge in [-0.25, -0.2) is 9.78 Å². The first-order chi connectivity index (χ1) is 13.6. The van der Waals surface area contributed by atoms with E-state index in [1.165, 1.54) is 7.11 Å². The number of esters is 1. The van der Waals surface area contributed by atoms with Crippen LogP contribution < -0.4 is 5.32 Å². The summed E-state index contributed by atoms with van der Waals surface area (Å²) in [6, 6.07) is 15.4. The van der Waals surface area contributed by atoms with Gasteiger partial charge in [-0.05, 0) is 36.4 Å². The third-order valence-electron chi connectivity index (χ3n) is 4.06. The third kappa shape index (κ3) is 4.63. The predicted molar refractivity (Wildman–Crippen MR) is 104 cm³/mol. The molecule has 144 valence electrons. The normalized spacial score (nSPS) is 10.6. The molecule has 0 bridgehead atoms. The molecule has 3 aromatic rings. The number of carbonyl (C=O) groups excluding carboxylic acids is 2. The first kappa shape index (κ1) is 19.3. The van der Waals surface area contributed by atoms with Crippen molar-refractivity contribution in [3.63, 3.8) is 0 Å². The number of amides is 1. The minimum Gasteiger partial charge on any atom is -0.508 e. The zero-order chi connectivity index (χ0) is 19.9. The monoisotopic (exact) mass is 380 g/mol. The summed E-state index contributed by atoms with van der Waals surface area (Å²) in [5.41, 5.74) is 2.26. The SMILES string of the molecule is COCCNC(=O)COC(=O)c1cc(-c2ccc(O)cc2)nc2ccccc12. The molecule has 0 aliphatic carbocycles. The van der Waals surface area contributed by atoms with E-state index in [-0.39, 0.29) is 12.4 Å². The average Bonchev–Trinajstić information content (AvgIpc) is 2.72. The van der Waals surface area contributed by atoms with Crippen LogP contribution in [-0.2, 0) is 14.3 Å². The maximum absolute atomic E-state index is 12.6. The largest absolute Gasteiger partial charge is 0.508 e. The smallest absolute Gasteiger partial charge is 0.339 e. The highest BCUT2D eigenvalue weighted by atomic mass is 16.5. The van der Waals surface area contributed by atoms with Crippen LogP contribution in [0.25, 0.3) is 22.2 Å². The fourth-order valence-corrected chi connectivity index (χ4v) is 2.68. The van der Waals surface area contributed by atoms with Crippen LogP contribution in [-0.4, -0.2) is 48.8 Å². The molecule has 0 unspecified atom stereocenters. The molecule has 0 radical (unpaired) electrons. The molecule has 0 fully saturated rings. The molecule has 1 aromatic heterocycles. The van der Waals surface area contributed by atoms with Crippen molar-refractivity contribution >= 4 is 22.8 Å². The van der Waals surface area contributed by atoms with Gasteiger partial charge in [-0.15, -0.1) is 0 Å². The Bertz CT molecular complexity index is 986. The van der Waals surface area contributed by atoms with Crippen molar-refractivity contribution in [3.8, 4) is 17.0 Å². The summed E-state index contributed by atoms with van der Waals surface area (Å²) in [5.74, 6) is -0.869. The van der Waals surface area contributed by atoms with E-state index in [0.717, 1.165) is 5.56 Å². The van der Waals surface area contributed by atoms with Gasteiger partial charge < -0.3 is 19.9 Å². The Morgan fingerprint density at radius 1 is 1.11 bits per heavy atom. The number of hydrogen-bond donors (Lipinski definition) is 2. The van der Waals surface area contributed by atoms with E-state index in [1.807, 2.05) is 6.07 Å². The highest BCUT2D eigenvalue weighted by Gasteiger charge is 2.16. The Morgan fingerprint density at radius 2 is 1.86 bits per heavy atom. The minimum absolute atomic E-state index is 0.142. The van der Waals surface area contributed by atoms with Crippen LogP contribution in [0.1, 0.15) is 10.4 Å². The van der Waals surface area contributed by atoms with Crippen molar-refractivity contribution in [1.82, 2.24) is 10.3 Å². The third-order valence-corrected chi connectivity index (χ3v) is 4.06. The summed E-state index contributed by atoms with van der Waals surface area (Å²) < 4.78 is 10.0. The van der Waals surface area contributed by atoms with Crippen molar-refractivity contribution < 1.29 is 24.2 Å². The number of benzene rings is 2. The molecular formula is C21H20N2O5. The fraction of sp³-hybridized carbons (Fsp3) is 0.190. The molecule has 2 N–H and O–H groups in total. The Kier molecular flexibility index (Phi) is 6.18. The van der Waals surface area contributed by atoms with Gasteiger partial charge in [-0.2, -0.15) is 0 Å². The number of rotatable bonds is 7. The molecule has 0 saturated carbocycles. The van der Waals surface area contributed by atoms with Crippen molar-refractivity contribution in [2.45, 2.75) is 0 Å². The zero-order valence-electron chi connectivity index (χ0n) is 15.3. The number of methoxy groups -OCH3 is 1. The van der Waals surface area contributed by atoms with Gasteiger partial charge >= 0.3 is 5.97 Å². The summed E-state index contributed by atoms with van der Waals surface area (Å²) in [6.07, 6.45) is 0. The topological polar surface area (TPSA) is 97.8 Å². The number of pyridine rings is 1. The van der Waals surface area contributed by atoms with Crippen molar-refractivity contribution in [1.29, 1.82) is 0 Å². The summed E-state index contributed by atoms with van der Waals surface area (Å²) in [4.78, 5) is 29.0. The molecule has 1 heterocycles. The van der Waals surface area contributed by atoms with Crippen LogP contribution >= 0.6 is 0 Å². The number of aromatic nitrogens is 1. The fourth-order valence-electron chi connectivity index (χ4n) is 2.68. The second-order valence-electron chi connectivity index (χ2n) is 6.04. The number of nitrogens with one attached hydrogen (secondary N) is 1. The second kappa shape index (κ2) is 8.96. The van der Waals surface area contributed by atoms with Gasteiger partial charge in [0.25, 0.3) is 5.91 Å². The van der Waals surface area contributed by atoms with E-state index in [2.05, 4.69) is 10.3 Å². The van der Waals surface area contributed by atoms with Gasteiger partial charge in [-0.3, -0.25) is 4.79 Å². The Balaban J connectivity index is 1.85. The zero-order valence-corrected chi connectivity index (χ0v) is 15.3. The standard InChI is InChI=1S/C21H20N2O5/c1-27-11-10-22-20(25)13-28-21(26)17-12-19(14-6-8-15(24)9-7-14)23-18-5-3-2-4-16(17)18/h2-9,12,24H,10-11,13H2,1H3,(H,22,25). The van der Waals surface area contributed by atoms with Crippen LogP contribution in [0.5, 0.6) is 5.75 Å². The Labute approximate surface area is 161 Å². The maximum Gasteiger partial charge on any atom is 0.339 e. The van der Waals surface area contributed by atoms with Crippen molar-refractivity contribution in [3.05, 3.63) is 60.2 Å². The molecule has 3 rings (SSSR count). The predicted octanol–water partition coefficient (Wildman–Crippen LogP) is 2.53. The maximum atomic E-state index is 12.6. The van der Waals surface area contributed by atoms with Crippen molar-refractivity contribution in [2.24, 2.45) is 0 Å². The highest BCUT2D eigenvalue weighted by molar-refractivity contribution is 6.05. The number of phenols is 1. The molecule has 1 amide bonds. The molecule has 0 spiro atoms. The molecular weight excluding hydrogens is 360 g/mol. The molecule has 7 nitrogen and oxygen atoms in total. The van der Waals surface area contributed by atoms with Gasteiger partial charge in [0.2, 0.25) is 0 Å². The average molecular weight is 380 g/mol. The molecule has 28 heavy (non-hydrogen) atoms. The molecule has 0 aliphatic rings. The molecule has 0 aliphatic heterocycles. The minimum atomic E-state index is -0.611. The van der Waals surface area contributed by atoms with Gasteiger partial charge in [0.05, 0.1) is 23.4 Å². The number of carbonyl (C=O) groups is 2. The molecule has 2 aromatic carbocycles. The summed E-state index contributed by atoms with van der Waals surface area (Å²) in [5, 5.41) is 12.7. The lowest BCUT2D eigenvalue weighted by atomic mass is 10.0. The van der Waals surface area contributed by atoms with Gasteiger partial charge in [0.15, 0.2) is 6.61 Å². The molecule has 7 heteroatoms. The van der Waals surface area contributed by atoms with E-state index < -0.39 is 11.9 Å². The Morgan fingerprint density at radius 3 is 2.61 bits per heavy atom. The molecule has 0 saturated heterocycles. The molecule has 0 atom stereocenters. The summed E-state index contributed by atoms with van der Waals surface area (Å²) in [6.45, 7) is 0.342. The summed E-state index contributed by atoms with van der Waals surface area (Å²) >= 11 is 0. The van der Waals surface area contributed by atoms with E-state index in [4.69, 9.17) is 9.47 Å². The van der Waals surface area contributed by atoms with Crippen LogP contribution in [0.15, 0.2) is 54.6 Å².